The van der Waals surface area contributed by atoms with Crippen molar-refractivity contribution in [3.63, 3.8) is 0 Å². The number of nitrogens with one attached hydrogen (secondary N) is 1. The van der Waals surface area contributed by atoms with E-state index in [1.165, 1.54) is 7.11 Å². The number of Topliss-reactive ketones (excluding diaryl/α,β-unsaturated/α-hetero) is 1. The molecule has 0 bridgehead atoms. The fourth-order valence-electron chi connectivity index (χ4n) is 1.33. The van der Waals surface area contributed by atoms with Crippen molar-refractivity contribution in [2.75, 3.05) is 18.6 Å². The minimum atomic E-state index is -0.684. The van der Waals surface area contributed by atoms with E-state index in [0.717, 1.165) is 4.90 Å². The van der Waals surface area contributed by atoms with Crippen molar-refractivity contribution < 1.29 is 19.1 Å². The van der Waals surface area contributed by atoms with Crippen LogP contribution in [0.15, 0.2) is 0 Å². The Bertz CT molecular complexity index is 466. The molecule has 1 aromatic rings. The number of ketones is 1. The van der Waals surface area contributed by atoms with E-state index in [0.29, 0.717) is 0 Å². The van der Waals surface area contributed by atoms with Crippen LogP contribution in [0.25, 0.3) is 0 Å². The van der Waals surface area contributed by atoms with Crippen LogP contribution in [0, 0.1) is 0 Å². The van der Waals surface area contributed by atoms with E-state index in [4.69, 9.17) is 0 Å². The van der Waals surface area contributed by atoms with Crippen molar-refractivity contribution in [3.05, 3.63) is 5.82 Å². The van der Waals surface area contributed by atoms with Crippen molar-refractivity contribution >= 4 is 23.6 Å². The molecular weight excluding hydrogens is 216 g/mol. The number of aromatic amines is 1. The van der Waals surface area contributed by atoms with Gasteiger partial charge < -0.3 is 4.74 Å². The monoisotopic (exact) mass is 224 g/mol. The Labute approximate surface area is 89.6 Å². The molecule has 0 spiro atoms. The van der Waals surface area contributed by atoms with Crippen molar-refractivity contribution in [3.8, 4) is 0 Å². The summed E-state index contributed by atoms with van der Waals surface area (Å²) in [6, 6.07) is 0. The third-order valence-electron chi connectivity index (χ3n) is 2.08. The van der Waals surface area contributed by atoms with Gasteiger partial charge in [-0.3, -0.25) is 19.6 Å². The van der Waals surface area contributed by atoms with Crippen LogP contribution < -0.4 is 4.90 Å². The van der Waals surface area contributed by atoms with E-state index in [1.54, 1.807) is 0 Å². The molecule has 0 atom stereocenters. The zero-order valence-corrected chi connectivity index (χ0v) is 8.39. The first-order chi connectivity index (χ1) is 7.61. The van der Waals surface area contributed by atoms with Crippen molar-refractivity contribution in [2.45, 2.75) is 6.42 Å². The molecule has 1 amide bonds. The van der Waals surface area contributed by atoms with Crippen molar-refractivity contribution in [1.29, 1.82) is 0 Å². The molecule has 1 fully saturated rings. The zero-order valence-electron chi connectivity index (χ0n) is 8.39. The summed E-state index contributed by atoms with van der Waals surface area (Å²) in [5.74, 6) is -1.35. The highest BCUT2D eigenvalue weighted by atomic mass is 16.5. The number of amides is 1. The number of hydrogen-bond acceptors (Lipinski definition) is 6. The van der Waals surface area contributed by atoms with E-state index in [-0.39, 0.29) is 36.4 Å². The maximum Gasteiger partial charge on any atom is 0.375 e. The number of anilines is 1. The van der Waals surface area contributed by atoms with Gasteiger partial charge in [0.1, 0.15) is 0 Å². The zero-order chi connectivity index (χ0) is 11.7. The lowest BCUT2D eigenvalue weighted by atomic mass is 10.3. The molecule has 1 N–H and O–H groups in total. The van der Waals surface area contributed by atoms with Gasteiger partial charge in [-0.15, -0.1) is 5.10 Å². The molecule has 1 aliphatic rings. The molecule has 16 heavy (non-hydrogen) atoms. The summed E-state index contributed by atoms with van der Waals surface area (Å²) in [6.45, 7) is -0.0582. The third kappa shape index (κ3) is 1.64. The van der Waals surface area contributed by atoms with Gasteiger partial charge in [0.05, 0.1) is 20.1 Å². The van der Waals surface area contributed by atoms with Crippen molar-refractivity contribution in [2.24, 2.45) is 0 Å². The van der Waals surface area contributed by atoms with Gasteiger partial charge in [0, 0.05) is 0 Å². The highest BCUT2D eigenvalue weighted by molar-refractivity contribution is 6.14. The summed E-state index contributed by atoms with van der Waals surface area (Å²) in [6.07, 6.45) is -0.151. The summed E-state index contributed by atoms with van der Waals surface area (Å²) in [5, 5.41) is 6.00. The van der Waals surface area contributed by atoms with E-state index in [2.05, 4.69) is 19.9 Å². The van der Waals surface area contributed by atoms with Crippen LogP contribution in [-0.2, 0) is 14.3 Å². The molecule has 2 rings (SSSR count). The molecule has 0 aromatic carbocycles. The number of rotatable bonds is 2. The average molecular weight is 224 g/mol. The molecule has 0 radical (unpaired) electrons. The predicted octanol–water partition coefficient (Wildman–Crippen LogP) is -1.10. The van der Waals surface area contributed by atoms with Crippen molar-refractivity contribution in [1.82, 2.24) is 15.2 Å². The van der Waals surface area contributed by atoms with E-state index in [1.807, 2.05) is 0 Å². The van der Waals surface area contributed by atoms with Gasteiger partial charge in [-0.25, -0.2) is 4.79 Å². The topological polar surface area (TPSA) is 105 Å². The lowest BCUT2D eigenvalue weighted by Gasteiger charge is -2.07. The fraction of sp³-hybridized carbons (Fsp3) is 0.375. The van der Waals surface area contributed by atoms with Gasteiger partial charge in [0.2, 0.25) is 11.7 Å². The number of aromatic nitrogens is 3. The Hall–Kier alpha value is -2.25. The Kier molecular flexibility index (Phi) is 2.39. The molecule has 0 aliphatic carbocycles. The maximum atomic E-state index is 11.3. The lowest BCUT2D eigenvalue weighted by molar-refractivity contribution is -0.121. The molecule has 0 unspecified atom stereocenters. The van der Waals surface area contributed by atoms with E-state index >= 15 is 0 Å². The standard InChI is InChI=1S/C8H8N4O4/c1-16-7(15)6-9-8(11-10-6)12-3-4(13)2-5(12)14/h2-3H2,1H3,(H,9,10,11). The molecule has 1 saturated heterocycles. The summed E-state index contributed by atoms with van der Waals surface area (Å²) in [5.41, 5.74) is 0. The second kappa shape index (κ2) is 3.72. The summed E-state index contributed by atoms with van der Waals surface area (Å²) in [4.78, 5) is 38.3. The molecule has 84 valence electrons. The number of methoxy groups -OCH3 is 1. The second-order valence-electron chi connectivity index (χ2n) is 3.17. The maximum absolute atomic E-state index is 11.3. The number of hydrogen-bond donors (Lipinski definition) is 1. The van der Waals surface area contributed by atoms with Crippen LogP contribution in [0.2, 0.25) is 0 Å². The van der Waals surface area contributed by atoms with Gasteiger partial charge in [-0.1, -0.05) is 0 Å². The van der Waals surface area contributed by atoms with E-state index in [9.17, 15) is 14.4 Å². The quantitative estimate of drug-likeness (QED) is 0.504. The molecule has 0 saturated carbocycles. The Morgan fingerprint density at radius 3 is 2.81 bits per heavy atom. The van der Waals surface area contributed by atoms with Crippen LogP contribution in [-0.4, -0.2) is 46.5 Å². The number of carbonyl (C=O) groups excluding carboxylic acids is 3. The smallest absolute Gasteiger partial charge is 0.375 e. The van der Waals surface area contributed by atoms with Gasteiger partial charge in [0.25, 0.3) is 5.95 Å². The highest BCUT2D eigenvalue weighted by Crippen LogP contribution is 2.14. The number of esters is 1. The lowest BCUT2D eigenvalue weighted by Crippen LogP contribution is -2.25. The van der Waals surface area contributed by atoms with Crippen LogP contribution in [0.4, 0.5) is 5.95 Å². The molecule has 2 heterocycles. The molecule has 8 heteroatoms. The molecular formula is C8H8N4O4. The van der Waals surface area contributed by atoms with Gasteiger partial charge in [-0.05, 0) is 0 Å². The van der Waals surface area contributed by atoms with Crippen LogP contribution in [0.3, 0.4) is 0 Å². The number of nitrogens with zero attached hydrogens (tertiary/aromatic N) is 3. The normalized spacial score (nSPS) is 15.7. The van der Waals surface area contributed by atoms with Gasteiger partial charge >= 0.3 is 5.97 Å². The van der Waals surface area contributed by atoms with Gasteiger partial charge in [-0.2, -0.15) is 4.98 Å². The van der Waals surface area contributed by atoms with Crippen LogP contribution in [0.1, 0.15) is 17.0 Å². The summed E-state index contributed by atoms with van der Waals surface area (Å²) >= 11 is 0. The molecule has 1 aromatic heterocycles. The molecule has 8 nitrogen and oxygen atoms in total. The van der Waals surface area contributed by atoms with Crippen LogP contribution >= 0.6 is 0 Å². The Morgan fingerprint density at radius 1 is 1.50 bits per heavy atom. The largest absolute Gasteiger partial charge is 0.463 e. The molecule has 1 aliphatic heterocycles. The number of carbonyl (C=O) groups is 3. The minimum absolute atomic E-state index is 0.0104. The van der Waals surface area contributed by atoms with Gasteiger partial charge in [0.15, 0.2) is 5.78 Å². The van der Waals surface area contributed by atoms with Crippen LogP contribution in [0.5, 0.6) is 0 Å². The number of ether oxygens (including phenoxy) is 1. The first-order valence-electron chi connectivity index (χ1n) is 4.44. The third-order valence-corrected chi connectivity index (χ3v) is 2.08. The Balaban J connectivity index is 2.22. The predicted molar refractivity (Wildman–Crippen MR) is 49.7 cm³/mol. The highest BCUT2D eigenvalue weighted by Gasteiger charge is 2.31. The van der Waals surface area contributed by atoms with E-state index < -0.39 is 5.97 Å². The first kappa shape index (κ1) is 10.3. The fourth-order valence-corrected chi connectivity index (χ4v) is 1.33. The Morgan fingerprint density at radius 2 is 2.25 bits per heavy atom. The summed E-state index contributed by atoms with van der Waals surface area (Å²) in [7, 11) is 1.20. The summed E-state index contributed by atoms with van der Waals surface area (Å²) < 4.78 is 4.42. The average Bonchev–Trinajstić information content (AvgIpc) is 2.83. The first-order valence-corrected chi connectivity index (χ1v) is 4.44. The minimum Gasteiger partial charge on any atom is -0.463 e. The SMILES string of the molecule is COC(=O)c1nc(N2CC(=O)CC2=O)n[nH]1. The number of H-pyrrole nitrogens is 1. The second-order valence-corrected chi connectivity index (χ2v) is 3.17.